The minimum absolute atomic E-state index is 0.185. The van der Waals surface area contributed by atoms with Crippen LogP contribution in [0, 0.1) is 5.82 Å². The smallest absolute Gasteiger partial charge is 0.338 e. The van der Waals surface area contributed by atoms with Gasteiger partial charge in [0.25, 0.3) is 0 Å². The molecule has 0 unspecified atom stereocenters. The van der Waals surface area contributed by atoms with Crippen LogP contribution in [0.1, 0.15) is 24.2 Å². The highest BCUT2D eigenvalue weighted by Crippen LogP contribution is 2.20. The molecule has 8 heteroatoms. The number of halogens is 1. The minimum atomic E-state index is -4.00. The first-order chi connectivity index (χ1) is 8.95. The van der Waals surface area contributed by atoms with Crippen molar-refractivity contribution < 1.29 is 27.8 Å². The van der Waals surface area contributed by atoms with Gasteiger partial charge in [0.1, 0.15) is 5.82 Å². The molecule has 1 rings (SSSR count). The van der Waals surface area contributed by atoms with Crippen LogP contribution < -0.4 is 0 Å². The lowest BCUT2D eigenvalue weighted by atomic mass is 10.1. The molecular formula is C12H16FNO5S. The van der Waals surface area contributed by atoms with E-state index < -0.39 is 33.0 Å². The van der Waals surface area contributed by atoms with Gasteiger partial charge in [-0.2, -0.15) is 4.31 Å². The molecule has 0 atom stereocenters. The summed E-state index contributed by atoms with van der Waals surface area (Å²) in [4.78, 5) is 10.5. The van der Waals surface area contributed by atoms with Gasteiger partial charge in [-0.25, -0.2) is 17.6 Å². The lowest BCUT2D eigenvalue weighted by Crippen LogP contribution is -2.39. The maximum Gasteiger partial charge on any atom is 0.338 e. The van der Waals surface area contributed by atoms with Gasteiger partial charge in [-0.15, -0.1) is 0 Å². The van der Waals surface area contributed by atoms with Crippen molar-refractivity contribution in [2.75, 3.05) is 13.6 Å². The molecule has 112 valence electrons. The number of nitrogens with zero attached hydrogens (tertiary/aromatic N) is 1. The predicted molar refractivity (Wildman–Crippen MR) is 69.5 cm³/mol. The summed E-state index contributed by atoms with van der Waals surface area (Å²) >= 11 is 0. The summed E-state index contributed by atoms with van der Waals surface area (Å²) in [5.74, 6) is -2.56. The van der Waals surface area contributed by atoms with Gasteiger partial charge in [-0.3, -0.25) is 0 Å². The van der Waals surface area contributed by atoms with Gasteiger partial charge in [0.15, 0.2) is 0 Å². The van der Waals surface area contributed by atoms with E-state index in [1.807, 2.05) is 0 Å². The number of sulfonamides is 1. The molecule has 6 nitrogen and oxygen atoms in total. The van der Waals surface area contributed by atoms with Gasteiger partial charge >= 0.3 is 5.97 Å². The number of aromatic carboxylic acids is 1. The monoisotopic (exact) mass is 305 g/mol. The highest BCUT2D eigenvalue weighted by atomic mass is 32.2. The van der Waals surface area contributed by atoms with Crippen LogP contribution in [0.5, 0.6) is 0 Å². The van der Waals surface area contributed by atoms with E-state index in [4.69, 9.17) is 5.11 Å². The molecule has 0 spiro atoms. The second-order valence-electron chi connectivity index (χ2n) is 5.02. The third-order valence-corrected chi connectivity index (χ3v) is 4.29. The molecule has 2 N–H and O–H groups in total. The summed E-state index contributed by atoms with van der Waals surface area (Å²) in [6, 6.07) is 2.53. The fourth-order valence-electron chi connectivity index (χ4n) is 1.64. The lowest BCUT2D eigenvalue weighted by Gasteiger charge is -2.25. The molecule has 1 aromatic rings. The van der Waals surface area contributed by atoms with Crippen molar-refractivity contribution in [2.45, 2.75) is 24.3 Å². The van der Waals surface area contributed by atoms with Gasteiger partial charge in [0.05, 0.1) is 16.1 Å². The Morgan fingerprint density at radius 2 is 1.95 bits per heavy atom. The number of aliphatic hydroxyl groups is 1. The molecule has 0 saturated heterocycles. The normalized spacial score (nSPS) is 12.7. The summed E-state index contributed by atoms with van der Waals surface area (Å²) in [5.41, 5.74) is -1.97. The van der Waals surface area contributed by atoms with Crippen LogP contribution in [-0.4, -0.2) is 48.1 Å². The fraction of sp³-hybridized carbons (Fsp3) is 0.417. The van der Waals surface area contributed by atoms with Crippen molar-refractivity contribution in [2.24, 2.45) is 0 Å². The Balaban J connectivity index is 3.23. The molecular weight excluding hydrogens is 289 g/mol. The number of likely N-dealkylation sites (N-methyl/N-ethyl adjacent to an activating group) is 1. The number of benzene rings is 1. The van der Waals surface area contributed by atoms with E-state index in [0.29, 0.717) is 0 Å². The van der Waals surface area contributed by atoms with Crippen LogP contribution in [0.3, 0.4) is 0 Å². The van der Waals surface area contributed by atoms with Gasteiger partial charge < -0.3 is 10.2 Å². The Labute approximate surface area is 116 Å². The van der Waals surface area contributed by atoms with Gasteiger partial charge in [-0.05, 0) is 32.0 Å². The average Bonchev–Trinajstić information content (AvgIpc) is 2.26. The second kappa shape index (κ2) is 5.47. The molecule has 1 aromatic carbocycles. The van der Waals surface area contributed by atoms with E-state index in [-0.39, 0.29) is 11.4 Å². The van der Waals surface area contributed by atoms with Crippen molar-refractivity contribution in [1.82, 2.24) is 4.31 Å². The van der Waals surface area contributed by atoms with E-state index in [9.17, 15) is 22.7 Å². The number of carboxylic acids is 1. The fourth-order valence-corrected chi connectivity index (χ4v) is 2.99. The molecule has 0 aliphatic carbocycles. The summed E-state index contributed by atoms with van der Waals surface area (Å²) in [6.45, 7) is 2.69. The summed E-state index contributed by atoms with van der Waals surface area (Å²) in [5, 5.41) is 18.4. The number of hydrogen-bond donors (Lipinski definition) is 2. The average molecular weight is 305 g/mol. The summed E-state index contributed by atoms with van der Waals surface area (Å²) in [6.07, 6.45) is 0. The quantitative estimate of drug-likeness (QED) is 0.843. The molecule has 0 aliphatic heterocycles. The number of carbonyl (C=O) groups is 1. The molecule has 0 amide bonds. The Hall–Kier alpha value is -1.51. The van der Waals surface area contributed by atoms with E-state index in [2.05, 4.69) is 0 Å². The first kappa shape index (κ1) is 16.5. The first-order valence-electron chi connectivity index (χ1n) is 5.67. The maximum absolute atomic E-state index is 13.3. The Morgan fingerprint density at radius 1 is 1.40 bits per heavy atom. The predicted octanol–water partition coefficient (Wildman–Crippen LogP) is 0.915. The van der Waals surface area contributed by atoms with Crippen LogP contribution in [0.15, 0.2) is 23.1 Å². The van der Waals surface area contributed by atoms with Crippen LogP contribution in [0.2, 0.25) is 0 Å². The summed E-state index contributed by atoms with van der Waals surface area (Å²) in [7, 11) is -2.75. The summed E-state index contributed by atoms with van der Waals surface area (Å²) < 4.78 is 38.5. The topological polar surface area (TPSA) is 94.9 Å². The maximum atomic E-state index is 13.3. The minimum Gasteiger partial charge on any atom is -0.478 e. The number of carboxylic acid groups (broad SMARTS) is 1. The zero-order chi connectivity index (χ0) is 15.7. The van der Waals surface area contributed by atoms with Crippen molar-refractivity contribution >= 4 is 16.0 Å². The number of hydrogen-bond acceptors (Lipinski definition) is 4. The van der Waals surface area contributed by atoms with Crippen molar-refractivity contribution in [1.29, 1.82) is 0 Å². The molecule has 0 heterocycles. The van der Waals surface area contributed by atoms with Crippen LogP contribution in [-0.2, 0) is 10.0 Å². The van der Waals surface area contributed by atoms with E-state index in [0.717, 1.165) is 22.5 Å². The molecule has 0 bridgehead atoms. The standard InChI is InChI=1S/C12H16FNO5S/c1-12(2,17)7-14(3)20(18,19)8-4-5-10(13)9(6-8)11(15)16/h4-6,17H,7H2,1-3H3,(H,15,16). The van der Waals surface area contributed by atoms with Crippen molar-refractivity contribution in [3.8, 4) is 0 Å². The van der Waals surface area contributed by atoms with Crippen LogP contribution in [0.25, 0.3) is 0 Å². The zero-order valence-electron chi connectivity index (χ0n) is 11.3. The zero-order valence-corrected chi connectivity index (χ0v) is 12.1. The lowest BCUT2D eigenvalue weighted by molar-refractivity contribution is 0.0638. The molecule has 0 radical (unpaired) electrons. The van der Waals surface area contributed by atoms with E-state index >= 15 is 0 Å². The molecule has 0 saturated carbocycles. The van der Waals surface area contributed by atoms with Crippen molar-refractivity contribution in [3.05, 3.63) is 29.6 Å². The molecule has 20 heavy (non-hydrogen) atoms. The molecule has 0 aliphatic rings. The SMILES string of the molecule is CN(CC(C)(C)O)S(=O)(=O)c1ccc(F)c(C(=O)O)c1. The largest absolute Gasteiger partial charge is 0.478 e. The van der Waals surface area contributed by atoms with Gasteiger partial charge in [0, 0.05) is 13.6 Å². The third-order valence-electron chi connectivity index (χ3n) is 2.49. The van der Waals surface area contributed by atoms with Gasteiger partial charge in [0.2, 0.25) is 10.0 Å². The number of rotatable bonds is 5. The first-order valence-corrected chi connectivity index (χ1v) is 7.11. The molecule has 0 fully saturated rings. The van der Waals surface area contributed by atoms with Crippen LogP contribution >= 0.6 is 0 Å². The van der Waals surface area contributed by atoms with E-state index in [1.165, 1.54) is 20.9 Å². The highest BCUT2D eigenvalue weighted by Gasteiger charge is 2.27. The van der Waals surface area contributed by atoms with E-state index in [1.54, 1.807) is 0 Å². The molecule has 0 aromatic heterocycles. The van der Waals surface area contributed by atoms with Crippen molar-refractivity contribution in [3.63, 3.8) is 0 Å². The Kier molecular flexibility index (Phi) is 4.52. The Morgan fingerprint density at radius 3 is 2.40 bits per heavy atom. The second-order valence-corrected chi connectivity index (χ2v) is 7.07. The Bertz CT molecular complexity index is 621. The van der Waals surface area contributed by atoms with Crippen LogP contribution in [0.4, 0.5) is 4.39 Å². The highest BCUT2D eigenvalue weighted by molar-refractivity contribution is 7.89. The third kappa shape index (κ3) is 3.75. The van der Waals surface area contributed by atoms with Gasteiger partial charge in [-0.1, -0.05) is 0 Å².